The van der Waals surface area contributed by atoms with Crippen LogP contribution in [0.1, 0.15) is 18.5 Å². The maximum atomic E-state index is 11.6. The van der Waals surface area contributed by atoms with Crippen molar-refractivity contribution in [3.63, 3.8) is 0 Å². The third-order valence-electron chi connectivity index (χ3n) is 2.52. The number of carboxylic acid groups (broad SMARTS) is 1. The zero-order chi connectivity index (χ0) is 12.3. The van der Waals surface area contributed by atoms with Crippen molar-refractivity contribution in [3.05, 3.63) is 18.0 Å². The second-order valence-electron chi connectivity index (χ2n) is 3.74. The van der Waals surface area contributed by atoms with Gasteiger partial charge in [-0.05, 0) is 12.8 Å². The summed E-state index contributed by atoms with van der Waals surface area (Å²) in [6.07, 6.45) is 0.619. The Kier molecular flexibility index (Phi) is 3.38. The van der Waals surface area contributed by atoms with Gasteiger partial charge in [-0.15, -0.1) is 0 Å². The minimum absolute atomic E-state index is 0.243. The van der Waals surface area contributed by atoms with Gasteiger partial charge in [0.25, 0.3) is 0 Å². The Morgan fingerprint density at radius 3 is 2.82 bits per heavy atom. The van der Waals surface area contributed by atoms with Crippen LogP contribution < -0.4 is 5.32 Å². The molecule has 1 amide bonds. The van der Waals surface area contributed by atoms with Crippen molar-refractivity contribution in [1.82, 2.24) is 10.5 Å². The van der Waals surface area contributed by atoms with E-state index >= 15 is 0 Å². The Morgan fingerprint density at radius 1 is 1.47 bits per heavy atom. The molecule has 1 aromatic heterocycles. The van der Waals surface area contributed by atoms with E-state index in [0.717, 1.165) is 0 Å². The average molecular weight is 240 g/mol. The van der Waals surface area contributed by atoms with Crippen molar-refractivity contribution in [2.24, 2.45) is 0 Å². The number of carboxylic acids is 1. The topological polar surface area (TPSA) is 102 Å². The number of ether oxygens (including phenoxy) is 1. The number of hydrogen-bond donors (Lipinski definition) is 2. The Labute approximate surface area is 96.7 Å². The van der Waals surface area contributed by atoms with E-state index in [-0.39, 0.29) is 12.5 Å². The van der Waals surface area contributed by atoms with E-state index in [1.807, 2.05) is 0 Å². The molecular weight excluding hydrogens is 228 g/mol. The molecule has 0 saturated carbocycles. The third kappa shape index (κ3) is 2.82. The summed E-state index contributed by atoms with van der Waals surface area (Å²) in [5.41, 5.74) is 0.603. The monoisotopic (exact) mass is 240 g/mol. The normalized spacial score (nSPS) is 23.5. The Hall–Kier alpha value is -1.89. The lowest BCUT2D eigenvalue weighted by atomic mass is 10.2. The second kappa shape index (κ2) is 4.96. The number of carbonyl (C=O) groups is 2. The van der Waals surface area contributed by atoms with Crippen LogP contribution in [0.25, 0.3) is 0 Å². The van der Waals surface area contributed by atoms with Crippen molar-refractivity contribution >= 4 is 11.9 Å². The fourth-order valence-electron chi connectivity index (χ4n) is 1.63. The van der Waals surface area contributed by atoms with Crippen molar-refractivity contribution in [2.75, 3.05) is 0 Å². The SMILES string of the molecule is O=C(NCc1ccon1)[C@@H]1CC[C@H](C(=O)O)O1. The van der Waals surface area contributed by atoms with Gasteiger partial charge in [0.2, 0.25) is 5.91 Å². The number of nitrogens with zero attached hydrogens (tertiary/aromatic N) is 1. The summed E-state index contributed by atoms with van der Waals surface area (Å²) in [7, 11) is 0. The number of carbonyl (C=O) groups excluding carboxylic acids is 1. The molecule has 0 radical (unpaired) electrons. The molecule has 1 fully saturated rings. The lowest BCUT2D eigenvalue weighted by molar-refractivity contribution is -0.151. The lowest BCUT2D eigenvalue weighted by Gasteiger charge is -2.10. The quantitative estimate of drug-likeness (QED) is 0.763. The van der Waals surface area contributed by atoms with Crippen molar-refractivity contribution in [3.8, 4) is 0 Å². The summed E-state index contributed by atoms with van der Waals surface area (Å²) in [6.45, 7) is 0.243. The van der Waals surface area contributed by atoms with Crippen LogP contribution in [0.15, 0.2) is 16.9 Å². The summed E-state index contributed by atoms with van der Waals surface area (Å²) in [4.78, 5) is 22.3. The summed E-state index contributed by atoms with van der Waals surface area (Å²) < 4.78 is 9.71. The highest BCUT2D eigenvalue weighted by atomic mass is 16.5. The van der Waals surface area contributed by atoms with Gasteiger partial charge in [0.15, 0.2) is 6.10 Å². The zero-order valence-electron chi connectivity index (χ0n) is 8.96. The maximum Gasteiger partial charge on any atom is 0.332 e. The van der Waals surface area contributed by atoms with Gasteiger partial charge in [0.1, 0.15) is 18.1 Å². The molecule has 2 atom stereocenters. The van der Waals surface area contributed by atoms with Crippen LogP contribution in [0.3, 0.4) is 0 Å². The van der Waals surface area contributed by atoms with Crippen LogP contribution in [-0.2, 0) is 20.9 Å². The van der Waals surface area contributed by atoms with E-state index in [1.54, 1.807) is 6.07 Å². The van der Waals surface area contributed by atoms with E-state index in [1.165, 1.54) is 6.26 Å². The molecule has 1 aliphatic rings. The molecule has 0 aromatic carbocycles. The second-order valence-corrected chi connectivity index (χ2v) is 3.74. The Bertz CT molecular complexity index is 403. The molecule has 0 aliphatic carbocycles. The molecule has 2 heterocycles. The van der Waals surface area contributed by atoms with Crippen LogP contribution in [0.4, 0.5) is 0 Å². The predicted octanol–water partition coefficient (Wildman–Crippen LogP) is -0.0770. The molecule has 1 aromatic rings. The summed E-state index contributed by atoms with van der Waals surface area (Å²) in [5, 5.41) is 15.0. The first-order valence-corrected chi connectivity index (χ1v) is 5.22. The average Bonchev–Trinajstić information content (AvgIpc) is 2.96. The molecule has 1 aliphatic heterocycles. The summed E-state index contributed by atoms with van der Waals surface area (Å²) >= 11 is 0. The molecule has 0 bridgehead atoms. The Balaban J connectivity index is 1.79. The van der Waals surface area contributed by atoms with E-state index < -0.39 is 18.2 Å². The van der Waals surface area contributed by atoms with Crippen LogP contribution in [0.5, 0.6) is 0 Å². The number of hydrogen-bond acceptors (Lipinski definition) is 5. The smallest absolute Gasteiger partial charge is 0.332 e. The standard InChI is InChI=1S/C10H12N2O5/c13-9(11-5-6-3-4-16-12-6)7-1-2-8(17-7)10(14)15/h3-4,7-8H,1-2,5H2,(H,11,13)(H,14,15)/t7-,8+/m0/s1. The summed E-state index contributed by atoms with van der Waals surface area (Å²) in [6, 6.07) is 1.63. The maximum absolute atomic E-state index is 11.6. The minimum atomic E-state index is -1.03. The van der Waals surface area contributed by atoms with Crippen molar-refractivity contribution in [2.45, 2.75) is 31.6 Å². The number of aliphatic carboxylic acids is 1. The molecule has 7 heteroatoms. The molecule has 1 saturated heterocycles. The Morgan fingerprint density at radius 2 is 2.24 bits per heavy atom. The van der Waals surface area contributed by atoms with Gasteiger partial charge >= 0.3 is 5.97 Å². The first kappa shape index (κ1) is 11.6. The van der Waals surface area contributed by atoms with Crippen LogP contribution in [0, 0.1) is 0 Å². The number of amides is 1. The molecular formula is C10H12N2O5. The lowest BCUT2D eigenvalue weighted by Crippen LogP contribution is -2.35. The predicted molar refractivity (Wildman–Crippen MR) is 53.9 cm³/mol. The molecule has 17 heavy (non-hydrogen) atoms. The highest BCUT2D eigenvalue weighted by Gasteiger charge is 2.34. The molecule has 0 spiro atoms. The first-order chi connectivity index (χ1) is 8.16. The van der Waals surface area contributed by atoms with E-state index in [9.17, 15) is 9.59 Å². The van der Waals surface area contributed by atoms with Crippen molar-refractivity contribution in [1.29, 1.82) is 0 Å². The van der Waals surface area contributed by atoms with E-state index in [4.69, 9.17) is 9.84 Å². The molecule has 2 N–H and O–H groups in total. The largest absolute Gasteiger partial charge is 0.479 e. The number of aromatic nitrogens is 1. The highest BCUT2D eigenvalue weighted by molar-refractivity contribution is 5.82. The van der Waals surface area contributed by atoms with Crippen molar-refractivity contribution < 1.29 is 24.0 Å². The molecule has 2 rings (SSSR count). The number of nitrogens with one attached hydrogen (secondary N) is 1. The van der Waals surface area contributed by atoms with Crippen LogP contribution in [-0.4, -0.2) is 34.3 Å². The molecule has 0 unspecified atom stereocenters. The van der Waals surface area contributed by atoms with Crippen LogP contribution in [0.2, 0.25) is 0 Å². The van der Waals surface area contributed by atoms with Gasteiger partial charge < -0.3 is 19.7 Å². The number of rotatable bonds is 4. The van der Waals surface area contributed by atoms with E-state index in [2.05, 4.69) is 15.0 Å². The highest BCUT2D eigenvalue weighted by Crippen LogP contribution is 2.19. The first-order valence-electron chi connectivity index (χ1n) is 5.22. The summed E-state index contributed by atoms with van der Waals surface area (Å²) in [5.74, 6) is -1.35. The third-order valence-corrected chi connectivity index (χ3v) is 2.52. The zero-order valence-corrected chi connectivity index (χ0v) is 8.96. The minimum Gasteiger partial charge on any atom is -0.479 e. The van der Waals surface area contributed by atoms with Gasteiger partial charge in [0, 0.05) is 6.07 Å². The van der Waals surface area contributed by atoms with Gasteiger partial charge in [0.05, 0.1) is 6.54 Å². The van der Waals surface area contributed by atoms with E-state index in [0.29, 0.717) is 18.5 Å². The fourth-order valence-corrected chi connectivity index (χ4v) is 1.63. The van der Waals surface area contributed by atoms with Gasteiger partial charge in [-0.25, -0.2) is 4.79 Å². The van der Waals surface area contributed by atoms with Gasteiger partial charge in [-0.1, -0.05) is 5.16 Å². The fraction of sp³-hybridized carbons (Fsp3) is 0.500. The van der Waals surface area contributed by atoms with Gasteiger partial charge in [-0.3, -0.25) is 4.79 Å². The van der Waals surface area contributed by atoms with Gasteiger partial charge in [-0.2, -0.15) is 0 Å². The molecule has 7 nitrogen and oxygen atoms in total. The molecule has 92 valence electrons. The van der Waals surface area contributed by atoms with Crippen LogP contribution >= 0.6 is 0 Å².